The van der Waals surface area contributed by atoms with Crippen LogP contribution in [0.4, 0.5) is 11.4 Å². The fourth-order valence-corrected chi connectivity index (χ4v) is 2.25. The fourth-order valence-electron chi connectivity index (χ4n) is 2.25. The zero-order valence-electron chi connectivity index (χ0n) is 12.4. The second kappa shape index (κ2) is 5.91. The number of imidazole rings is 1. The topological polar surface area (TPSA) is 126 Å². The molecule has 0 aliphatic rings. The normalized spacial score (nSPS) is 10.7. The Balaban J connectivity index is 1.91. The third-order valence-corrected chi connectivity index (χ3v) is 3.45. The van der Waals surface area contributed by atoms with E-state index in [9.17, 15) is 20.2 Å². The molecule has 0 fully saturated rings. The Kier molecular flexibility index (Phi) is 3.78. The second-order valence-corrected chi connectivity index (χ2v) is 4.96. The highest BCUT2D eigenvalue weighted by Gasteiger charge is 2.20. The van der Waals surface area contributed by atoms with Crippen molar-refractivity contribution in [2.45, 2.75) is 6.61 Å². The van der Waals surface area contributed by atoms with E-state index in [0.29, 0.717) is 5.52 Å². The lowest BCUT2D eigenvalue weighted by Crippen LogP contribution is -2.03. The number of hydrogen-bond donors (Lipinski definition) is 0. The molecule has 1 aromatic carbocycles. The van der Waals surface area contributed by atoms with Crippen LogP contribution in [0.3, 0.4) is 0 Å². The van der Waals surface area contributed by atoms with Gasteiger partial charge in [-0.1, -0.05) is 0 Å². The standard InChI is InChI=1S/C14H11N5O5/c1-17-8-16-13-11(17)4-5-15-14(13)24-7-9-2-3-10(18(20)21)6-12(9)19(22)23/h2-6,8H,7H2,1H3. The van der Waals surface area contributed by atoms with Crippen molar-refractivity contribution in [1.82, 2.24) is 14.5 Å². The van der Waals surface area contributed by atoms with Crippen molar-refractivity contribution >= 4 is 22.4 Å². The first kappa shape index (κ1) is 15.3. The molecule has 10 heteroatoms. The highest BCUT2D eigenvalue weighted by molar-refractivity contribution is 5.79. The average Bonchev–Trinajstić information content (AvgIpc) is 2.94. The largest absolute Gasteiger partial charge is 0.471 e. The molecule has 122 valence electrons. The van der Waals surface area contributed by atoms with Crippen LogP contribution in [-0.4, -0.2) is 24.4 Å². The molecule has 3 aromatic rings. The minimum atomic E-state index is -0.687. The van der Waals surface area contributed by atoms with Crippen LogP contribution in [-0.2, 0) is 13.7 Å². The lowest BCUT2D eigenvalue weighted by Gasteiger charge is -2.06. The van der Waals surface area contributed by atoms with E-state index in [1.165, 1.54) is 12.1 Å². The van der Waals surface area contributed by atoms with Gasteiger partial charge < -0.3 is 9.30 Å². The van der Waals surface area contributed by atoms with E-state index in [1.54, 1.807) is 23.2 Å². The van der Waals surface area contributed by atoms with Crippen LogP contribution in [0.5, 0.6) is 5.88 Å². The van der Waals surface area contributed by atoms with Gasteiger partial charge in [0.15, 0.2) is 5.52 Å². The number of nitro groups is 2. The molecule has 0 saturated carbocycles. The molecule has 0 saturated heterocycles. The minimum Gasteiger partial charge on any atom is -0.471 e. The van der Waals surface area contributed by atoms with E-state index in [1.807, 2.05) is 7.05 Å². The Labute approximate surface area is 134 Å². The van der Waals surface area contributed by atoms with E-state index in [-0.39, 0.29) is 29.4 Å². The highest BCUT2D eigenvalue weighted by atomic mass is 16.6. The van der Waals surface area contributed by atoms with Crippen LogP contribution >= 0.6 is 0 Å². The zero-order valence-corrected chi connectivity index (χ0v) is 12.4. The summed E-state index contributed by atoms with van der Waals surface area (Å²) in [4.78, 5) is 28.8. The summed E-state index contributed by atoms with van der Waals surface area (Å²) in [6.45, 7) is -0.156. The van der Waals surface area contributed by atoms with E-state index in [2.05, 4.69) is 9.97 Å². The number of hydrogen-bond acceptors (Lipinski definition) is 7. The first-order chi connectivity index (χ1) is 11.5. The number of benzene rings is 1. The summed E-state index contributed by atoms with van der Waals surface area (Å²) in [5.41, 5.74) is 0.816. The number of nitro benzene ring substituents is 2. The van der Waals surface area contributed by atoms with Gasteiger partial charge in [0.05, 0.1) is 33.3 Å². The van der Waals surface area contributed by atoms with Crippen molar-refractivity contribution in [2.24, 2.45) is 7.05 Å². The van der Waals surface area contributed by atoms with Crippen molar-refractivity contribution in [1.29, 1.82) is 0 Å². The molecule has 2 aromatic heterocycles. The second-order valence-electron chi connectivity index (χ2n) is 4.96. The smallest absolute Gasteiger partial charge is 0.282 e. The fraction of sp³-hybridized carbons (Fsp3) is 0.143. The molecule has 0 aliphatic carbocycles. The summed E-state index contributed by atoms with van der Waals surface area (Å²) in [5.74, 6) is 0.237. The summed E-state index contributed by atoms with van der Waals surface area (Å²) < 4.78 is 7.34. The molecule has 2 heterocycles. The molecule has 0 bridgehead atoms. The molecule has 0 aliphatic heterocycles. The summed E-state index contributed by atoms with van der Waals surface area (Å²) in [5, 5.41) is 21.9. The molecule has 0 N–H and O–H groups in total. The van der Waals surface area contributed by atoms with Crippen LogP contribution < -0.4 is 4.74 Å². The number of ether oxygens (including phenoxy) is 1. The lowest BCUT2D eigenvalue weighted by atomic mass is 10.1. The lowest BCUT2D eigenvalue weighted by molar-refractivity contribution is -0.394. The molecule has 10 nitrogen and oxygen atoms in total. The monoisotopic (exact) mass is 329 g/mol. The van der Waals surface area contributed by atoms with E-state index in [0.717, 1.165) is 11.6 Å². The van der Waals surface area contributed by atoms with E-state index in [4.69, 9.17) is 4.74 Å². The SMILES string of the molecule is Cn1cnc2c(OCc3ccc([N+](=O)[O-])cc3[N+](=O)[O-])nccc21. The van der Waals surface area contributed by atoms with Gasteiger partial charge in [-0.05, 0) is 12.1 Å². The summed E-state index contributed by atoms with van der Waals surface area (Å²) in [7, 11) is 1.82. The Morgan fingerprint density at radius 3 is 2.67 bits per heavy atom. The van der Waals surface area contributed by atoms with Gasteiger partial charge in [0, 0.05) is 19.3 Å². The van der Waals surface area contributed by atoms with Gasteiger partial charge in [0.1, 0.15) is 6.61 Å². The molecule has 0 atom stereocenters. The molecule has 24 heavy (non-hydrogen) atoms. The zero-order chi connectivity index (χ0) is 17.3. The maximum atomic E-state index is 11.1. The molecule has 0 spiro atoms. The van der Waals surface area contributed by atoms with Crippen molar-refractivity contribution in [3.8, 4) is 5.88 Å². The first-order valence-corrected chi connectivity index (χ1v) is 6.78. The van der Waals surface area contributed by atoms with Gasteiger partial charge in [0.2, 0.25) is 5.88 Å². The van der Waals surface area contributed by atoms with Crippen LogP contribution in [0.25, 0.3) is 11.0 Å². The Bertz CT molecular complexity index is 952. The number of nitrogens with zero attached hydrogens (tertiary/aromatic N) is 5. The van der Waals surface area contributed by atoms with Gasteiger partial charge in [-0.3, -0.25) is 20.2 Å². The molecule has 0 radical (unpaired) electrons. The molecular weight excluding hydrogens is 318 g/mol. The Hall–Kier alpha value is -3.56. The van der Waals surface area contributed by atoms with Gasteiger partial charge in [-0.2, -0.15) is 0 Å². The minimum absolute atomic E-state index is 0.156. The molecular formula is C14H11N5O5. The van der Waals surface area contributed by atoms with E-state index >= 15 is 0 Å². The van der Waals surface area contributed by atoms with Crippen molar-refractivity contribution in [3.05, 3.63) is 62.6 Å². The van der Waals surface area contributed by atoms with Crippen LogP contribution in [0, 0.1) is 20.2 Å². The third kappa shape index (κ3) is 2.72. The van der Waals surface area contributed by atoms with Crippen molar-refractivity contribution in [3.63, 3.8) is 0 Å². The number of non-ortho nitro benzene ring substituents is 1. The van der Waals surface area contributed by atoms with Crippen molar-refractivity contribution in [2.75, 3.05) is 0 Å². The van der Waals surface area contributed by atoms with Gasteiger partial charge >= 0.3 is 0 Å². The molecule has 0 amide bonds. The quantitative estimate of drug-likeness (QED) is 0.519. The third-order valence-electron chi connectivity index (χ3n) is 3.45. The number of fused-ring (bicyclic) bond motifs is 1. The summed E-state index contributed by atoms with van der Waals surface area (Å²) in [6, 6.07) is 5.17. The maximum absolute atomic E-state index is 11.1. The Morgan fingerprint density at radius 1 is 1.17 bits per heavy atom. The number of rotatable bonds is 5. The van der Waals surface area contributed by atoms with Crippen LogP contribution in [0.2, 0.25) is 0 Å². The van der Waals surface area contributed by atoms with Crippen LogP contribution in [0.1, 0.15) is 5.56 Å². The number of aromatic nitrogens is 3. The molecule has 3 rings (SSSR count). The average molecular weight is 329 g/mol. The van der Waals surface area contributed by atoms with E-state index < -0.39 is 9.85 Å². The Morgan fingerprint density at radius 2 is 1.96 bits per heavy atom. The molecule has 0 unspecified atom stereocenters. The predicted octanol–water partition coefficient (Wildman–Crippen LogP) is 2.36. The summed E-state index contributed by atoms with van der Waals surface area (Å²) in [6.07, 6.45) is 3.15. The number of aryl methyl sites for hydroxylation is 1. The van der Waals surface area contributed by atoms with Gasteiger partial charge in [-0.15, -0.1) is 0 Å². The van der Waals surface area contributed by atoms with Gasteiger partial charge in [0.25, 0.3) is 11.4 Å². The summed E-state index contributed by atoms with van der Waals surface area (Å²) >= 11 is 0. The first-order valence-electron chi connectivity index (χ1n) is 6.78. The van der Waals surface area contributed by atoms with Crippen molar-refractivity contribution < 1.29 is 14.6 Å². The maximum Gasteiger partial charge on any atom is 0.282 e. The van der Waals surface area contributed by atoms with Crippen LogP contribution in [0.15, 0.2) is 36.8 Å². The van der Waals surface area contributed by atoms with Gasteiger partial charge in [-0.25, -0.2) is 9.97 Å². The highest BCUT2D eigenvalue weighted by Crippen LogP contribution is 2.27. The predicted molar refractivity (Wildman–Crippen MR) is 82.6 cm³/mol. The number of pyridine rings is 1.